The van der Waals surface area contributed by atoms with Crippen LogP contribution in [0.1, 0.15) is 18.9 Å². The molecule has 0 radical (unpaired) electrons. The van der Waals surface area contributed by atoms with Crippen LogP contribution in [-0.2, 0) is 6.42 Å². The minimum Gasteiger partial charge on any atom is -0.0696 e. The largest absolute Gasteiger partial charge is 0.0696 e. The summed E-state index contributed by atoms with van der Waals surface area (Å²) >= 11 is 0. The summed E-state index contributed by atoms with van der Waals surface area (Å²) in [7, 11) is 0. The van der Waals surface area contributed by atoms with Gasteiger partial charge in [0.1, 0.15) is 0 Å². The van der Waals surface area contributed by atoms with Crippen molar-refractivity contribution in [2.75, 3.05) is 0 Å². The van der Waals surface area contributed by atoms with Crippen molar-refractivity contribution < 1.29 is 0 Å². The fraction of sp³-hybridized carbons (Fsp3) is 0.231. The van der Waals surface area contributed by atoms with Crippen molar-refractivity contribution in [3.05, 3.63) is 48.0 Å². The second kappa shape index (κ2) is 3.49. The van der Waals surface area contributed by atoms with Crippen LogP contribution < -0.4 is 0 Å². The van der Waals surface area contributed by atoms with Crippen molar-refractivity contribution >= 4 is 10.8 Å². The molecule has 0 bridgehead atoms. The SMILES string of the molecule is CCCc1ccc2c#cccc2c1. The molecule has 0 aliphatic rings. The van der Waals surface area contributed by atoms with E-state index in [1.807, 2.05) is 6.07 Å². The summed E-state index contributed by atoms with van der Waals surface area (Å²) in [5.74, 6) is 0. The van der Waals surface area contributed by atoms with E-state index in [0.717, 1.165) is 11.8 Å². The van der Waals surface area contributed by atoms with E-state index in [2.05, 4.69) is 43.3 Å². The topological polar surface area (TPSA) is 0 Å². The first-order valence-corrected chi connectivity index (χ1v) is 4.71. The van der Waals surface area contributed by atoms with Crippen molar-refractivity contribution in [2.45, 2.75) is 19.8 Å². The number of rotatable bonds is 2. The normalized spacial score (nSPS) is 9.92. The van der Waals surface area contributed by atoms with Crippen molar-refractivity contribution in [1.29, 1.82) is 0 Å². The van der Waals surface area contributed by atoms with Crippen LogP contribution in [0.4, 0.5) is 0 Å². The van der Waals surface area contributed by atoms with Gasteiger partial charge in [-0.2, -0.15) is 0 Å². The molecule has 0 saturated heterocycles. The van der Waals surface area contributed by atoms with Gasteiger partial charge in [-0.3, -0.25) is 0 Å². The monoisotopic (exact) mass is 168 g/mol. The van der Waals surface area contributed by atoms with Gasteiger partial charge in [-0.05, 0) is 35.6 Å². The summed E-state index contributed by atoms with van der Waals surface area (Å²) in [6.07, 6.45) is 2.36. The summed E-state index contributed by atoms with van der Waals surface area (Å²) in [4.78, 5) is 0. The molecule has 0 fully saturated rings. The zero-order valence-corrected chi connectivity index (χ0v) is 7.80. The lowest BCUT2D eigenvalue weighted by molar-refractivity contribution is 0.924. The Morgan fingerprint density at radius 3 is 3.00 bits per heavy atom. The smallest absolute Gasteiger partial charge is 0.0321 e. The summed E-state index contributed by atoms with van der Waals surface area (Å²) in [6.45, 7) is 2.20. The third-order valence-electron chi connectivity index (χ3n) is 2.21. The standard InChI is InChI=1S/C13H12/c1-2-5-11-8-9-12-6-3-4-7-13(12)10-11/h4,7-10H,2,5H2,1H3. The maximum Gasteiger partial charge on any atom is 0.0321 e. The van der Waals surface area contributed by atoms with Gasteiger partial charge in [0.15, 0.2) is 0 Å². The Balaban J connectivity index is 2.49. The van der Waals surface area contributed by atoms with Gasteiger partial charge in [0.05, 0.1) is 0 Å². The van der Waals surface area contributed by atoms with E-state index in [0.29, 0.717) is 0 Å². The molecule has 0 heterocycles. The third-order valence-corrected chi connectivity index (χ3v) is 2.21. The van der Waals surface area contributed by atoms with Crippen LogP contribution >= 0.6 is 0 Å². The molecule has 13 heavy (non-hydrogen) atoms. The molecule has 0 amide bonds. The number of hydrogen-bond acceptors (Lipinski definition) is 0. The predicted molar refractivity (Wildman–Crippen MR) is 55.6 cm³/mol. The first kappa shape index (κ1) is 8.13. The zero-order valence-electron chi connectivity index (χ0n) is 7.80. The first-order chi connectivity index (χ1) is 6.40. The lowest BCUT2D eigenvalue weighted by atomic mass is 10.1. The molecule has 0 aromatic heterocycles. The van der Waals surface area contributed by atoms with Gasteiger partial charge in [-0.1, -0.05) is 37.6 Å². The molecule has 0 heteroatoms. The highest BCUT2D eigenvalue weighted by atomic mass is 14.0. The Bertz CT molecular complexity index is 401. The van der Waals surface area contributed by atoms with Crippen molar-refractivity contribution in [3.8, 4) is 0 Å². The van der Waals surface area contributed by atoms with Crippen LogP contribution in [0.25, 0.3) is 10.8 Å². The van der Waals surface area contributed by atoms with Gasteiger partial charge in [0, 0.05) is 5.39 Å². The number of benzene rings is 1. The minimum absolute atomic E-state index is 1.15. The maximum absolute atomic E-state index is 3.10. The number of aryl methyl sites for hydroxylation is 1. The highest BCUT2D eigenvalue weighted by Crippen LogP contribution is 2.14. The minimum atomic E-state index is 1.15. The van der Waals surface area contributed by atoms with E-state index >= 15 is 0 Å². The molecule has 0 saturated carbocycles. The third kappa shape index (κ3) is 1.65. The van der Waals surface area contributed by atoms with E-state index in [9.17, 15) is 0 Å². The van der Waals surface area contributed by atoms with Crippen LogP contribution in [0.15, 0.2) is 30.3 Å². The van der Waals surface area contributed by atoms with E-state index in [1.54, 1.807) is 0 Å². The second-order valence-electron chi connectivity index (χ2n) is 3.27. The average molecular weight is 168 g/mol. The molecule has 0 aliphatic heterocycles. The Labute approximate surface area is 79.2 Å². The lowest BCUT2D eigenvalue weighted by Crippen LogP contribution is -1.81. The fourth-order valence-electron chi connectivity index (χ4n) is 1.56. The van der Waals surface area contributed by atoms with Crippen LogP contribution in [0.2, 0.25) is 0 Å². The van der Waals surface area contributed by atoms with Crippen LogP contribution in [0.5, 0.6) is 0 Å². The van der Waals surface area contributed by atoms with E-state index in [4.69, 9.17) is 0 Å². The zero-order chi connectivity index (χ0) is 9.10. The summed E-state index contributed by atoms with van der Waals surface area (Å²) in [5, 5.41) is 2.42. The van der Waals surface area contributed by atoms with Crippen molar-refractivity contribution in [2.24, 2.45) is 0 Å². The van der Waals surface area contributed by atoms with E-state index in [-0.39, 0.29) is 0 Å². The molecule has 0 unspecified atom stereocenters. The molecule has 0 aliphatic carbocycles. The van der Waals surface area contributed by atoms with Gasteiger partial charge < -0.3 is 0 Å². The number of fused-ring (bicyclic) bond motifs is 1. The molecule has 0 spiro atoms. The Kier molecular flexibility index (Phi) is 2.19. The van der Waals surface area contributed by atoms with Gasteiger partial charge in [-0.25, -0.2) is 0 Å². The molecule has 2 aromatic carbocycles. The summed E-state index contributed by atoms with van der Waals surface area (Å²) < 4.78 is 0. The fourth-order valence-corrected chi connectivity index (χ4v) is 1.56. The predicted octanol–water partition coefficient (Wildman–Crippen LogP) is 3.39. The van der Waals surface area contributed by atoms with Crippen LogP contribution in [-0.4, -0.2) is 0 Å². The van der Waals surface area contributed by atoms with E-state index in [1.165, 1.54) is 17.4 Å². The molecule has 0 nitrogen and oxygen atoms in total. The van der Waals surface area contributed by atoms with Gasteiger partial charge in [-0.15, -0.1) is 0 Å². The Hall–Kier alpha value is -1.48. The second-order valence-corrected chi connectivity index (χ2v) is 3.27. The highest BCUT2D eigenvalue weighted by Gasteiger charge is 1.93. The van der Waals surface area contributed by atoms with Crippen LogP contribution in [0, 0.1) is 12.1 Å². The molecule has 2 aromatic rings. The summed E-state index contributed by atoms with van der Waals surface area (Å²) in [6, 6.07) is 16.6. The first-order valence-electron chi connectivity index (χ1n) is 4.71. The average Bonchev–Trinajstić information content (AvgIpc) is 2.18. The molecule has 0 N–H and O–H groups in total. The molecular weight excluding hydrogens is 156 g/mol. The quantitative estimate of drug-likeness (QED) is 0.644. The summed E-state index contributed by atoms with van der Waals surface area (Å²) in [5.41, 5.74) is 1.41. The van der Waals surface area contributed by atoms with Crippen molar-refractivity contribution in [1.82, 2.24) is 0 Å². The molecule has 0 atom stereocenters. The maximum atomic E-state index is 3.10. The van der Waals surface area contributed by atoms with Crippen molar-refractivity contribution in [3.63, 3.8) is 0 Å². The molecule has 2 rings (SSSR count). The molecule has 64 valence electrons. The Morgan fingerprint density at radius 1 is 1.23 bits per heavy atom. The Morgan fingerprint density at radius 2 is 2.15 bits per heavy atom. The van der Waals surface area contributed by atoms with Gasteiger partial charge >= 0.3 is 0 Å². The number of hydrogen-bond donors (Lipinski definition) is 0. The van der Waals surface area contributed by atoms with E-state index < -0.39 is 0 Å². The lowest BCUT2D eigenvalue weighted by Gasteiger charge is -1.99. The molecular formula is C13H12. The van der Waals surface area contributed by atoms with Crippen LogP contribution in [0.3, 0.4) is 0 Å². The van der Waals surface area contributed by atoms with Gasteiger partial charge in [0.25, 0.3) is 0 Å². The van der Waals surface area contributed by atoms with Gasteiger partial charge in [0.2, 0.25) is 0 Å². The highest BCUT2D eigenvalue weighted by molar-refractivity contribution is 5.81.